The van der Waals surface area contributed by atoms with Crippen LogP contribution in [0.15, 0.2) is 0 Å². The SMILES string of the molecule is C[C@@H](CCCNCCC[C@H]1C[N-][C@@H]2CCCC[C@H]2[N-]CC[N-]CC[N-]CC[N-]1)[C@H]1CCC2[C@@H]3CC[C@@H]4C[C@H](O)CC[C@]4(C)C3CC[C@@]21C.[Cl][Mn][Cl]. The number of aliphatic hydroxyl groups is 1. The zero-order chi connectivity index (χ0) is 36.1. The topological polar surface area (TPSA) is 103 Å². The molecule has 1 aliphatic heterocycles. The number of halogens is 2. The molecule has 1 heterocycles. The van der Waals surface area contributed by atoms with Crippen LogP contribution < -0.4 is 5.32 Å². The van der Waals surface area contributed by atoms with Crippen molar-refractivity contribution in [3.63, 3.8) is 0 Å². The minimum absolute atomic E-state index is 0.00694. The predicted molar refractivity (Wildman–Crippen MR) is 214 cm³/mol. The number of rotatable bonds is 9. The number of nitrogens with one attached hydrogen (secondary N) is 1. The van der Waals surface area contributed by atoms with Gasteiger partial charge in [-0.2, -0.15) is 63.9 Å². The molecular weight excluding hydrogens is 718 g/mol. The predicted octanol–water partition coefficient (Wildman–Crippen LogP) is 10.7. The molecule has 6 rings (SSSR count). The van der Waals surface area contributed by atoms with Gasteiger partial charge in [-0.15, -0.1) is 0 Å². The van der Waals surface area contributed by atoms with Crippen LogP contribution in [0.1, 0.15) is 130 Å². The number of fused-ring (bicyclic) bond motifs is 6. The Morgan fingerprint density at radius 1 is 0.745 bits per heavy atom. The normalized spacial score (nSPS) is 41.6. The summed E-state index contributed by atoms with van der Waals surface area (Å²) in [5, 5.41) is 38.8. The van der Waals surface area contributed by atoms with E-state index in [4.69, 9.17) is 36.1 Å². The molecule has 2 N–H and O–H groups in total. The molecule has 5 saturated carbocycles. The van der Waals surface area contributed by atoms with Crippen molar-refractivity contribution in [2.24, 2.45) is 46.3 Å². The molecule has 5 aliphatic carbocycles. The minimum atomic E-state index is -0.0320. The summed E-state index contributed by atoms with van der Waals surface area (Å²) in [5.74, 6) is 5.31. The molecule has 2 unspecified atom stereocenters. The Morgan fingerprint density at radius 3 is 2.16 bits per heavy atom. The van der Waals surface area contributed by atoms with Crippen molar-refractivity contribution in [1.82, 2.24) is 5.32 Å². The number of nitrogens with zero attached hydrogens (tertiary/aromatic N) is 5. The van der Waals surface area contributed by atoms with E-state index >= 15 is 0 Å². The Kier molecular flexibility index (Phi) is 18.5. The summed E-state index contributed by atoms with van der Waals surface area (Å²) < 4.78 is 0. The van der Waals surface area contributed by atoms with Crippen molar-refractivity contribution >= 4 is 20.2 Å². The summed E-state index contributed by atoms with van der Waals surface area (Å²) in [5.41, 5.74) is 1.05. The van der Waals surface area contributed by atoms with Gasteiger partial charge < -0.3 is 37.0 Å². The van der Waals surface area contributed by atoms with E-state index < -0.39 is 0 Å². The first-order valence-electron chi connectivity index (χ1n) is 21.3. The van der Waals surface area contributed by atoms with E-state index in [9.17, 15) is 5.11 Å². The molecule has 1 saturated heterocycles. The molecule has 0 bridgehead atoms. The Bertz CT molecular complexity index is 986. The van der Waals surface area contributed by atoms with Crippen molar-refractivity contribution < 1.29 is 18.2 Å². The monoisotopic (exact) mass is 790 g/mol. The van der Waals surface area contributed by atoms with Crippen molar-refractivity contribution in [2.45, 2.75) is 154 Å². The van der Waals surface area contributed by atoms with Crippen molar-refractivity contribution in [2.75, 3.05) is 58.9 Å². The second-order valence-corrected chi connectivity index (χ2v) is 19.9. The summed E-state index contributed by atoms with van der Waals surface area (Å²) in [6.45, 7) is 16.1. The maximum absolute atomic E-state index is 10.4. The van der Waals surface area contributed by atoms with E-state index in [1.807, 2.05) is 0 Å². The van der Waals surface area contributed by atoms with Crippen LogP contribution in [0.3, 0.4) is 0 Å². The van der Waals surface area contributed by atoms with Crippen molar-refractivity contribution in [3.05, 3.63) is 26.6 Å². The van der Waals surface area contributed by atoms with Crippen LogP contribution in [0, 0.1) is 46.3 Å². The maximum atomic E-state index is 10.4. The zero-order valence-electron chi connectivity index (χ0n) is 32.5. The Hall–Kier alpha value is 0.819. The molecule has 6 fully saturated rings. The average Bonchev–Trinajstić information content (AvgIpc) is 3.48. The fourth-order valence-electron chi connectivity index (χ4n) is 12.5. The number of aliphatic hydroxyl groups excluding tert-OH is 1. The first-order valence-corrected chi connectivity index (χ1v) is 24.6. The second-order valence-electron chi connectivity index (χ2n) is 18.0. The van der Waals surface area contributed by atoms with Crippen LogP contribution in [0.25, 0.3) is 26.6 Å². The molecule has 12 atom stereocenters. The van der Waals surface area contributed by atoms with Gasteiger partial charge >= 0.3 is 33.3 Å². The van der Waals surface area contributed by atoms with E-state index in [1.54, 1.807) is 0 Å². The Labute approximate surface area is 328 Å². The quantitative estimate of drug-likeness (QED) is 0.179. The van der Waals surface area contributed by atoms with E-state index in [1.165, 1.54) is 89.9 Å². The van der Waals surface area contributed by atoms with Gasteiger partial charge in [0.15, 0.2) is 0 Å². The van der Waals surface area contributed by atoms with Gasteiger partial charge in [-0.25, -0.2) is 0 Å². The first kappa shape index (κ1) is 43.0. The van der Waals surface area contributed by atoms with Gasteiger partial charge in [0.25, 0.3) is 0 Å². The first-order chi connectivity index (χ1) is 24.8. The summed E-state index contributed by atoms with van der Waals surface area (Å²) >= 11 is 0.00694. The average molecular weight is 792 g/mol. The summed E-state index contributed by atoms with van der Waals surface area (Å²) in [6.07, 6.45) is 22.0. The third-order valence-electron chi connectivity index (χ3n) is 15.2. The molecular formula is C41H73Cl2MnN6O-5. The van der Waals surface area contributed by atoms with Crippen LogP contribution in [-0.4, -0.2) is 88.2 Å². The van der Waals surface area contributed by atoms with Crippen LogP contribution in [0.2, 0.25) is 0 Å². The van der Waals surface area contributed by atoms with Crippen LogP contribution in [-0.2, 0) is 13.1 Å². The number of hydrogen-bond donors (Lipinski definition) is 2. The van der Waals surface area contributed by atoms with E-state index in [2.05, 4.69) is 36.7 Å². The van der Waals surface area contributed by atoms with Gasteiger partial charge in [0, 0.05) is 0 Å². The van der Waals surface area contributed by atoms with Gasteiger partial charge in [0.2, 0.25) is 0 Å². The van der Waals surface area contributed by atoms with Gasteiger partial charge in [0.05, 0.1) is 6.10 Å². The van der Waals surface area contributed by atoms with Gasteiger partial charge in [-0.05, 0) is 136 Å². The Morgan fingerprint density at radius 2 is 1.39 bits per heavy atom. The Balaban J connectivity index is 0.00000162. The molecule has 6 aliphatic rings. The molecule has 0 spiro atoms. The molecule has 0 amide bonds. The standard InChI is InChI=1S/C41H73N6O.2ClH.Mn/c1-30(35-14-15-36-34-13-12-31-28-33(48)16-18-40(31,2)37(34)17-19-41(35,36)3)8-6-20-42-21-7-9-32-29-47-39-11-5-4-10-38(39)46-27-25-44-23-22-43-24-26-45-32;;;/h30-39,42,48H,4-29H2,1-3H3;2*1H;/q-5;;;+2/p-2/t30-,31+,32-,33+,34-,35+,36?,37?,38+,39+,40-,41+;;;/m0.../s1. The molecule has 0 aromatic carbocycles. The van der Waals surface area contributed by atoms with Crippen molar-refractivity contribution in [3.8, 4) is 0 Å². The molecule has 0 radical (unpaired) electrons. The summed E-state index contributed by atoms with van der Waals surface area (Å²) in [7, 11) is 9.59. The van der Waals surface area contributed by atoms with Gasteiger partial charge in [-0.1, -0.05) is 52.9 Å². The fraction of sp³-hybridized carbons (Fsp3) is 1.00. The molecule has 7 nitrogen and oxygen atoms in total. The molecule has 10 heteroatoms. The zero-order valence-corrected chi connectivity index (χ0v) is 35.2. The molecule has 51 heavy (non-hydrogen) atoms. The third kappa shape index (κ3) is 11.7. The van der Waals surface area contributed by atoms with Crippen molar-refractivity contribution in [1.29, 1.82) is 0 Å². The van der Waals surface area contributed by atoms with Crippen LogP contribution in [0.5, 0.6) is 0 Å². The van der Waals surface area contributed by atoms with Gasteiger partial charge in [0.1, 0.15) is 0 Å². The van der Waals surface area contributed by atoms with E-state index in [-0.39, 0.29) is 19.2 Å². The van der Waals surface area contributed by atoms with E-state index in [0.717, 1.165) is 114 Å². The summed E-state index contributed by atoms with van der Waals surface area (Å²) in [4.78, 5) is 0. The molecule has 0 aromatic rings. The second kappa shape index (κ2) is 21.9. The molecule has 299 valence electrons. The summed E-state index contributed by atoms with van der Waals surface area (Å²) in [6, 6.07) is 1.12. The third-order valence-corrected chi connectivity index (χ3v) is 15.2. The van der Waals surface area contributed by atoms with Crippen LogP contribution in [0.4, 0.5) is 0 Å². The van der Waals surface area contributed by atoms with Gasteiger partial charge in [-0.3, -0.25) is 0 Å². The number of hydrogen-bond acceptors (Lipinski definition) is 2. The van der Waals surface area contributed by atoms with Crippen LogP contribution >= 0.6 is 20.2 Å². The van der Waals surface area contributed by atoms with E-state index in [0.29, 0.717) is 29.0 Å². The fourth-order valence-corrected chi connectivity index (χ4v) is 12.5. The molecule has 0 aromatic heterocycles.